The fraction of sp³-hybridized carbons (Fsp3) is 0.231. The summed E-state index contributed by atoms with van der Waals surface area (Å²) < 4.78 is 13.0. The number of rotatable bonds is 3. The van der Waals surface area contributed by atoms with Crippen molar-refractivity contribution in [2.75, 3.05) is 7.05 Å². The zero-order valence-electron chi connectivity index (χ0n) is 9.63. The van der Waals surface area contributed by atoms with Crippen LogP contribution in [0.4, 0.5) is 4.39 Å². The van der Waals surface area contributed by atoms with Crippen molar-refractivity contribution in [3.05, 3.63) is 46.0 Å². The van der Waals surface area contributed by atoms with Crippen molar-refractivity contribution in [1.29, 1.82) is 0 Å². The van der Waals surface area contributed by atoms with Gasteiger partial charge in [-0.05, 0) is 44.3 Å². The molecule has 0 aliphatic rings. The molecule has 4 heteroatoms. The van der Waals surface area contributed by atoms with Gasteiger partial charge in [0.2, 0.25) is 0 Å². The number of benzene rings is 1. The largest absolute Gasteiger partial charge is 0.313 e. The minimum atomic E-state index is -0.306. The van der Waals surface area contributed by atoms with Crippen molar-refractivity contribution in [3.63, 3.8) is 0 Å². The second-order valence-electron chi connectivity index (χ2n) is 3.84. The maximum atomic E-state index is 13.0. The van der Waals surface area contributed by atoms with E-state index >= 15 is 0 Å². The molecule has 0 radical (unpaired) electrons. The molecule has 1 heterocycles. The summed E-state index contributed by atoms with van der Waals surface area (Å²) in [6, 6.07) is 8.90. The minimum Gasteiger partial charge on any atom is -0.313 e. The van der Waals surface area contributed by atoms with E-state index in [1.165, 1.54) is 17.0 Å². The third kappa shape index (κ3) is 2.68. The first-order chi connectivity index (χ1) is 8.11. The summed E-state index contributed by atoms with van der Waals surface area (Å²) in [5, 5.41) is 3.64. The topological polar surface area (TPSA) is 12.0 Å². The third-order valence-electron chi connectivity index (χ3n) is 2.68. The Morgan fingerprint density at radius 1 is 1.29 bits per heavy atom. The van der Waals surface area contributed by atoms with Crippen LogP contribution < -0.4 is 5.32 Å². The molecule has 1 atom stereocenters. The van der Waals surface area contributed by atoms with Crippen LogP contribution in [0.2, 0.25) is 5.02 Å². The summed E-state index contributed by atoms with van der Waals surface area (Å²) in [4.78, 5) is 2.30. The Balaban J connectivity index is 2.37. The quantitative estimate of drug-likeness (QED) is 0.866. The van der Waals surface area contributed by atoms with E-state index in [-0.39, 0.29) is 5.82 Å². The maximum absolute atomic E-state index is 13.0. The van der Waals surface area contributed by atoms with Crippen molar-refractivity contribution in [3.8, 4) is 10.4 Å². The van der Waals surface area contributed by atoms with Gasteiger partial charge in [0, 0.05) is 21.4 Å². The Bertz CT molecular complexity index is 524. The average Bonchev–Trinajstić information content (AvgIpc) is 2.77. The van der Waals surface area contributed by atoms with E-state index in [9.17, 15) is 4.39 Å². The molecule has 2 rings (SSSR count). The number of thiophene rings is 1. The second-order valence-corrected chi connectivity index (χ2v) is 5.36. The van der Waals surface area contributed by atoms with Crippen LogP contribution in [0.3, 0.4) is 0 Å². The van der Waals surface area contributed by atoms with Gasteiger partial charge >= 0.3 is 0 Å². The molecule has 0 fully saturated rings. The predicted octanol–water partition coefficient (Wildman–Crippen LogP) is 4.49. The van der Waals surface area contributed by atoms with E-state index in [0.29, 0.717) is 11.1 Å². The molecule has 1 aromatic heterocycles. The summed E-state index contributed by atoms with van der Waals surface area (Å²) >= 11 is 7.71. The number of hydrogen-bond acceptors (Lipinski definition) is 2. The van der Waals surface area contributed by atoms with Crippen LogP contribution in [-0.4, -0.2) is 7.05 Å². The van der Waals surface area contributed by atoms with E-state index in [4.69, 9.17) is 11.6 Å². The Morgan fingerprint density at radius 2 is 2.06 bits per heavy atom. The van der Waals surface area contributed by atoms with E-state index in [1.807, 2.05) is 13.1 Å². The Morgan fingerprint density at radius 3 is 2.71 bits per heavy atom. The molecule has 0 saturated heterocycles. The van der Waals surface area contributed by atoms with Crippen LogP contribution in [0.25, 0.3) is 10.4 Å². The van der Waals surface area contributed by atoms with Gasteiger partial charge in [0.25, 0.3) is 0 Å². The van der Waals surface area contributed by atoms with Crippen molar-refractivity contribution in [1.82, 2.24) is 5.32 Å². The molecular weight excluding hydrogens is 257 g/mol. The van der Waals surface area contributed by atoms with E-state index in [0.717, 1.165) is 10.4 Å². The first-order valence-corrected chi connectivity index (χ1v) is 6.53. The van der Waals surface area contributed by atoms with Crippen molar-refractivity contribution >= 4 is 22.9 Å². The monoisotopic (exact) mass is 269 g/mol. The molecule has 0 aliphatic carbocycles. The Kier molecular flexibility index (Phi) is 3.82. The zero-order chi connectivity index (χ0) is 12.4. The maximum Gasteiger partial charge on any atom is 0.124 e. The first kappa shape index (κ1) is 12.6. The lowest BCUT2D eigenvalue weighted by Crippen LogP contribution is -2.10. The molecule has 2 aromatic rings. The highest BCUT2D eigenvalue weighted by molar-refractivity contribution is 7.15. The highest BCUT2D eigenvalue weighted by atomic mass is 35.5. The van der Waals surface area contributed by atoms with Crippen LogP contribution in [0.1, 0.15) is 17.8 Å². The Hall–Kier alpha value is -0.900. The van der Waals surface area contributed by atoms with Crippen LogP contribution in [0, 0.1) is 5.82 Å². The van der Waals surface area contributed by atoms with Gasteiger partial charge in [0.15, 0.2) is 0 Å². The van der Waals surface area contributed by atoms with Crippen LogP contribution in [0.5, 0.6) is 0 Å². The molecule has 0 bridgehead atoms. The molecule has 1 N–H and O–H groups in total. The van der Waals surface area contributed by atoms with Gasteiger partial charge < -0.3 is 5.32 Å². The second kappa shape index (κ2) is 5.17. The highest BCUT2D eigenvalue weighted by Crippen LogP contribution is 2.35. The van der Waals surface area contributed by atoms with Crippen LogP contribution >= 0.6 is 22.9 Å². The molecule has 90 valence electrons. The molecule has 0 aliphatic heterocycles. The summed E-state index contributed by atoms with van der Waals surface area (Å²) in [6.45, 7) is 2.10. The van der Waals surface area contributed by atoms with Crippen LogP contribution in [0.15, 0.2) is 30.3 Å². The van der Waals surface area contributed by atoms with Gasteiger partial charge in [-0.15, -0.1) is 11.3 Å². The molecular formula is C13H13ClFNS. The van der Waals surface area contributed by atoms with E-state index in [1.54, 1.807) is 17.4 Å². The Labute approximate surface area is 109 Å². The standard InChI is InChI=1S/C13H13ClFNS/c1-8(16-2)12-5-6-13(17-12)10-4-3-9(15)7-11(10)14/h3-8,16H,1-2H3. The van der Waals surface area contributed by atoms with Crippen molar-refractivity contribution in [2.45, 2.75) is 13.0 Å². The van der Waals surface area contributed by atoms with Gasteiger partial charge in [-0.3, -0.25) is 0 Å². The zero-order valence-corrected chi connectivity index (χ0v) is 11.2. The van der Waals surface area contributed by atoms with Gasteiger partial charge in [-0.25, -0.2) is 4.39 Å². The lowest BCUT2D eigenvalue weighted by molar-refractivity contribution is 0.628. The normalized spacial score (nSPS) is 12.7. The summed E-state index contributed by atoms with van der Waals surface area (Å²) in [6.07, 6.45) is 0. The molecule has 0 spiro atoms. The number of halogens is 2. The molecule has 1 aromatic carbocycles. The van der Waals surface area contributed by atoms with Gasteiger partial charge in [0.1, 0.15) is 5.82 Å². The minimum absolute atomic E-state index is 0.306. The molecule has 1 unspecified atom stereocenters. The van der Waals surface area contributed by atoms with Crippen molar-refractivity contribution in [2.24, 2.45) is 0 Å². The van der Waals surface area contributed by atoms with Crippen molar-refractivity contribution < 1.29 is 4.39 Å². The summed E-state index contributed by atoms with van der Waals surface area (Å²) in [7, 11) is 1.93. The van der Waals surface area contributed by atoms with Crippen LogP contribution in [-0.2, 0) is 0 Å². The van der Waals surface area contributed by atoms with Gasteiger partial charge in [0.05, 0.1) is 5.02 Å². The fourth-order valence-electron chi connectivity index (χ4n) is 1.56. The summed E-state index contributed by atoms with van der Waals surface area (Å²) in [5.41, 5.74) is 0.882. The van der Waals surface area contributed by atoms with E-state index in [2.05, 4.69) is 18.3 Å². The SMILES string of the molecule is CNC(C)c1ccc(-c2ccc(F)cc2Cl)s1. The molecule has 17 heavy (non-hydrogen) atoms. The fourth-order valence-corrected chi connectivity index (χ4v) is 3.00. The van der Waals surface area contributed by atoms with Gasteiger partial charge in [-0.2, -0.15) is 0 Å². The number of nitrogens with one attached hydrogen (secondary N) is 1. The average molecular weight is 270 g/mol. The highest BCUT2D eigenvalue weighted by Gasteiger charge is 2.10. The van der Waals surface area contributed by atoms with E-state index < -0.39 is 0 Å². The third-order valence-corrected chi connectivity index (χ3v) is 4.30. The molecule has 0 saturated carbocycles. The smallest absolute Gasteiger partial charge is 0.124 e. The molecule has 0 amide bonds. The molecule has 1 nitrogen and oxygen atoms in total. The lowest BCUT2D eigenvalue weighted by Gasteiger charge is -2.06. The number of hydrogen-bond donors (Lipinski definition) is 1. The summed E-state index contributed by atoms with van der Waals surface area (Å²) in [5.74, 6) is -0.306. The first-order valence-electron chi connectivity index (χ1n) is 5.34. The van der Waals surface area contributed by atoms with Gasteiger partial charge in [-0.1, -0.05) is 11.6 Å². The predicted molar refractivity (Wildman–Crippen MR) is 72.2 cm³/mol. The lowest BCUT2D eigenvalue weighted by atomic mass is 10.2.